The molecule has 0 aliphatic heterocycles. The number of nitrogens with one attached hydrogen (secondary N) is 1. The Bertz CT molecular complexity index is 506. The second kappa shape index (κ2) is 8.90. The maximum absolute atomic E-state index is 4.60. The summed E-state index contributed by atoms with van der Waals surface area (Å²) >= 11 is 0. The van der Waals surface area contributed by atoms with E-state index >= 15 is 0 Å². The first-order valence-corrected chi connectivity index (χ1v) is 8.78. The molecule has 0 radical (unpaired) electrons. The van der Waals surface area contributed by atoms with E-state index in [1.807, 2.05) is 25.3 Å². The molecule has 128 valence electrons. The third kappa shape index (κ3) is 6.60. The maximum atomic E-state index is 4.60. The smallest absolute Gasteiger partial charge is 0.118 e. The summed E-state index contributed by atoms with van der Waals surface area (Å²) in [7, 11) is 0. The molecule has 0 aromatic rings. The van der Waals surface area contributed by atoms with Crippen molar-refractivity contribution >= 4 is 6.21 Å². The van der Waals surface area contributed by atoms with Crippen molar-refractivity contribution in [3.05, 3.63) is 47.9 Å². The van der Waals surface area contributed by atoms with Gasteiger partial charge in [0.15, 0.2) is 0 Å². The molecule has 0 amide bonds. The first-order chi connectivity index (χ1) is 10.8. The lowest BCUT2D eigenvalue weighted by molar-refractivity contribution is 0.396. The van der Waals surface area contributed by atoms with Crippen molar-refractivity contribution in [2.75, 3.05) is 0 Å². The molecule has 0 heterocycles. The van der Waals surface area contributed by atoms with Gasteiger partial charge in [0.25, 0.3) is 0 Å². The van der Waals surface area contributed by atoms with Crippen molar-refractivity contribution in [3.63, 3.8) is 0 Å². The Balaban J connectivity index is 2.86. The quantitative estimate of drug-likeness (QED) is 0.476. The number of aliphatic imine (C=N–C) groups is 1. The summed E-state index contributed by atoms with van der Waals surface area (Å²) < 4.78 is 0. The number of hydrogen-bond donors (Lipinski definition) is 1. The minimum atomic E-state index is 0.0171. The van der Waals surface area contributed by atoms with Crippen LogP contribution >= 0.6 is 0 Å². The van der Waals surface area contributed by atoms with E-state index in [9.17, 15) is 0 Å². The zero-order valence-corrected chi connectivity index (χ0v) is 15.7. The monoisotopic (exact) mass is 314 g/mol. The highest BCUT2D eigenvalue weighted by atomic mass is 15.0. The second-order valence-corrected chi connectivity index (χ2v) is 7.50. The van der Waals surface area contributed by atoms with Crippen LogP contribution in [0.5, 0.6) is 0 Å². The van der Waals surface area contributed by atoms with Crippen molar-refractivity contribution in [2.24, 2.45) is 10.4 Å². The third-order valence-electron chi connectivity index (χ3n) is 4.39. The Labute approximate surface area is 143 Å². The molecule has 2 heteroatoms. The topological polar surface area (TPSA) is 24.4 Å². The van der Waals surface area contributed by atoms with Crippen LogP contribution in [-0.2, 0) is 0 Å². The van der Waals surface area contributed by atoms with Gasteiger partial charge in [0.2, 0.25) is 0 Å². The summed E-state index contributed by atoms with van der Waals surface area (Å²) in [4.78, 5) is 4.60. The van der Waals surface area contributed by atoms with Gasteiger partial charge < -0.3 is 5.32 Å². The van der Waals surface area contributed by atoms with Crippen LogP contribution < -0.4 is 5.32 Å². The molecule has 0 unspecified atom stereocenters. The zero-order chi connectivity index (χ0) is 17.5. The van der Waals surface area contributed by atoms with E-state index in [2.05, 4.69) is 51.2 Å². The molecule has 1 N–H and O–H groups in total. The van der Waals surface area contributed by atoms with Gasteiger partial charge in [-0.3, -0.25) is 0 Å². The summed E-state index contributed by atoms with van der Waals surface area (Å²) in [6, 6.07) is 0.537. The molecule has 1 saturated carbocycles. The van der Waals surface area contributed by atoms with E-state index in [0.717, 1.165) is 11.4 Å². The van der Waals surface area contributed by atoms with Gasteiger partial charge in [-0.25, -0.2) is 4.99 Å². The van der Waals surface area contributed by atoms with Crippen LogP contribution in [-0.4, -0.2) is 12.3 Å². The van der Waals surface area contributed by atoms with Gasteiger partial charge in [-0.15, -0.1) is 0 Å². The van der Waals surface area contributed by atoms with Crippen LogP contribution in [0.4, 0.5) is 0 Å². The highest BCUT2D eigenvalue weighted by molar-refractivity contribution is 5.83. The normalized spacial score (nSPS) is 18.3. The molecule has 0 saturated heterocycles. The Morgan fingerprint density at radius 2 is 1.74 bits per heavy atom. The van der Waals surface area contributed by atoms with Crippen molar-refractivity contribution in [1.29, 1.82) is 0 Å². The van der Waals surface area contributed by atoms with Crippen LogP contribution in [0.2, 0.25) is 0 Å². The van der Waals surface area contributed by atoms with Gasteiger partial charge in [-0.1, -0.05) is 65.3 Å². The summed E-state index contributed by atoms with van der Waals surface area (Å²) in [6.07, 6.45) is 12.5. The van der Waals surface area contributed by atoms with Gasteiger partial charge in [0, 0.05) is 12.3 Å². The number of rotatable bonds is 6. The van der Waals surface area contributed by atoms with E-state index in [-0.39, 0.29) is 5.41 Å². The maximum Gasteiger partial charge on any atom is 0.118 e. The van der Waals surface area contributed by atoms with Crippen molar-refractivity contribution < 1.29 is 0 Å². The summed E-state index contributed by atoms with van der Waals surface area (Å²) in [5.41, 5.74) is 3.44. The van der Waals surface area contributed by atoms with Gasteiger partial charge in [0.1, 0.15) is 5.82 Å². The Kier molecular flexibility index (Phi) is 7.54. The first kappa shape index (κ1) is 19.5. The van der Waals surface area contributed by atoms with Crippen LogP contribution in [0, 0.1) is 5.41 Å². The van der Waals surface area contributed by atoms with Gasteiger partial charge >= 0.3 is 0 Å². The SMILES string of the molecule is C=C(/N=C\C(=C(/C)C(=C)/C=C\C)C(C)(C)C)NC1CCCCC1. The minimum Gasteiger partial charge on any atom is -0.368 e. The molecule has 1 aliphatic rings. The van der Waals surface area contributed by atoms with Gasteiger partial charge in [0.05, 0.1) is 0 Å². The van der Waals surface area contributed by atoms with E-state index in [0.29, 0.717) is 6.04 Å². The standard InChI is InChI=1S/C21H34N2/c1-8-12-16(2)17(3)20(21(5,6)7)15-22-18(4)23-19-13-10-9-11-14-19/h8,12,15,19,23H,2,4,9-11,13-14H2,1,3,5-7H3/b12-8-,20-17-,22-15-. The summed E-state index contributed by atoms with van der Waals surface area (Å²) in [5, 5.41) is 3.47. The van der Waals surface area contributed by atoms with Crippen LogP contribution in [0.25, 0.3) is 0 Å². The fourth-order valence-electron chi connectivity index (χ4n) is 3.01. The second-order valence-electron chi connectivity index (χ2n) is 7.50. The first-order valence-electron chi connectivity index (χ1n) is 8.78. The number of hydrogen-bond acceptors (Lipinski definition) is 2. The molecular weight excluding hydrogens is 280 g/mol. The van der Waals surface area contributed by atoms with Gasteiger partial charge in [-0.2, -0.15) is 0 Å². The lowest BCUT2D eigenvalue weighted by Gasteiger charge is -2.25. The third-order valence-corrected chi connectivity index (χ3v) is 4.39. The molecule has 0 bridgehead atoms. The minimum absolute atomic E-state index is 0.0171. The predicted octanol–water partition coefficient (Wildman–Crippen LogP) is 5.95. The fraction of sp³-hybridized carbons (Fsp3) is 0.571. The average molecular weight is 315 g/mol. The van der Waals surface area contributed by atoms with E-state index in [4.69, 9.17) is 0 Å². The lowest BCUT2D eigenvalue weighted by Crippen LogP contribution is -2.29. The molecule has 2 nitrogen and oxygen atoms in total. The Morgan fingerprint density at radius 3 is 2.26 bits per heavy atom. The Hall–Kier alpha value is -1.57. The molecule has 1 fully saturated rings. The molecule has 1 rings (SSSR count). The molecule has 0 atom stereocenters. The van der Waals surface area contributed by atoms with Crippen LogP contribution in [0.15, 0.2) is 52.8 Å². The van der Waals surface area contributed by atoms with Crippen LogP contribution in [0.1, 0.15) is 66.7 Å². The summed E-state index contributed by atoms with van der Waals surface area (Å²) in [6.45, 7) is 19.0. The van der Waals surface area contributed by atoms with E-state index < -0.39 is 0 Å². The molecule has 1 aliphatic carbocycles. The fourth-order valence-corrected chi connectivity index (χ4v) is 3.01. The largest absolute Gasteiger partial charge is 0.368 e. The molecule has 23 heavy (non-hydrogen) atoms. The van der Waals surface area contributed by atoms with E-state index in [1.165, 1.54) is 43.3 Å². The Morgan fingerprint density at radius 1 is 1.13 bits per heavy atom. The lowest BCUT2D eigenvalue weighted by atomic mass is 9.82. The van der Waals surface area contributed by atoms with Crippen LogP contribution in [0.3, 0.4) is 0 Å². The van der Waals surface area contributed by atoms with E-state index in [1.54, 1.807) is 0 Å². The highest BCUT2D eigenvalue weighted by Crippen LogP contribution is 2.29. The molecule has 0 aromatic heterocycles. The number of allylic oxidation sites excluding steroid dienone is 5. The molecule has 0 aromatic carbocycles. The molecule has 0 spiro atoms. The predicted molar refractivity (Wildman–Crippen MR) is 104 cm³/mol. The van der Waals surface area contributed by atoms with Gasteiger partial charge in [-0.05, 0) is 48.8 Å². The van der Waals surface area contributed by atoms with Crippen molar-refractivity contribution in [2.45, 2.75) is 72.8 Å². The van der Waals surface area contributed by atoms with Crippen molar-refractivity contribution in [1.82, 2.24) is 5.32 Å². The average Bonchev–Trinajstić information content (AvgIpc) is 2.47. The number of nitrogens with zero attached hydrogens (tertiary/aromatic N) is 1. The van der Waals surface area contributed by atoms with Crippen molar-refractivity contribution in [3.8, 4) is 0 Å². The molecular formula is C21H34N2. The summed E-state index contributed by atoms with van der Waals surface area (Å²) in [5.74, 6) is 0.767. The zero-order valence-electron chi connectivity index (χ0n) is 15.7. The highest BCUT2D eigenvalue weighted by Gasteiger charge is 2.19.